The summed E-state index contributed by atoms with van der Waals surface area (Å²) in [6.07, 6.45) is 1.93. The van der Waals surface area contributed by atoms with Crippen molar-refractivity contribution in [2.45, 2.75) is 6.54 Å². The van der Waals surface area contributed by atoms with Crippen LogP contribution in [0.3, 0.4) is 0 Å². The van der Waals surface area contributed by atoms with Crippen LogP contribution in [0.15, 0.2) is 30.5 Å². The Kier molecular flexibility index (Phi) is 4.82. The van der Waals surface area contributed by atoms with Crippen molar-refractivity contribution in [2.24, 2.45) is 0 Å². The average Bonchev–Trinajstić information content (AvgIpc) is 3.03. The van der Waals surface area contributed by atoms with Gasteiger partial charge in [-0.2, -0.15) is 0 Å². The lowest BCUT2D eigenvalue weighted by Crippen LogP contribution is -2.45. The minimum absolute atomic E-state index is 0.765. The molecule has 1 saturated heterocycles. The number of hydrogen-bond donors (Lipinski definition) is 1. The zero-order valence-electron chi connectivity index (χ0n) is 12.0. The molecule has 0 aliphatic carbocycles. The molecule has 5 nitrogen and oxygen atoms in total. The molecule has 0 spiro atoms. The average molecular weight is 305 g/mol. The molecule has 0 bridgehead atoms. The molecule has 21 heavy (non-hydrogen) atoms. The van der Waals surface area contributed by atoms with E-state index in [4.69, 9.17) is 9.47 Å². The van der Waals surface area contributed by atoms with Gasteiger partial charge in [0.15, 0.2) is 0 Å². The van der Waals surface area contributed by atoms with E-state index < -0.39 is 0 Å². The lowest BCUT2D eigenvalue weighted by Gasteiger charge is -2.26. The quantitative estimate of drug-likeness (QED) is 0.917. The van der Waals surface area contributed by atoms with Gasteiger partial charge in [0, 0.05) is 19.3 Å². The first-order valence-corrected chi connectivity index (χ1v) is 7.82. The largest absolute Gasteiger partial charge is 0.497 e. The summed E-state index contributed by atoms with van der Waals surface area (Å²) in [5, 5.41) is 3.28. The molecule has 0 saturated carbocycles. The number of thiazole rings is 1. The van der Waals surface area contributed by atoms with E-state index >= 15 is 0 Å². The summed E-state index contributed by atoms with van der Waals surface area (Å²) >= 11 is 1.72. The zero-order chi connectivity index (χ0) is 14.5. The van der Waals surface area contributed by atoms with E-state index in [9.17, 15) is 0 Å². The van der Waals surface area contributed by atoms with Crippen molar-refractivity contribution in [3.05, 3.63) is 35.5 Å². The van der Waals surface area contributed by atoms with Crippen molar-refractivity contribution >= 4 is 11.3 Å². The third-order valence-electron chi connectivity index (χ3n) is 3.39. The summed E-state index contributed by atoms with van der Waals surface area (Å²) in [7, 11) is 1.68. The topological polar surface area (TPSA) is 46.6 Å². The maximum absolute atomic E-state index is 5.33. The molecule has 6 heteroatoms. The molecule has 1 fully saturated rings. The van der Waals surface area contributed by atoms with E-state index in [0.29, 0.717) is 0 Å². The first kappa shape index (κ1) is 14.5. The van der Waals surface area contributed by atoms with Gasteiger partial charge in [-0.25, -0.2) is 15.4 Å². The van der Waals surface area contributed by atoms with Crippen LogP contribution < -0.4 is 10.2 Å². The summed E-state index contributed by atoms with van der Waals surface area (Å²) in [5.74, 6) is 0.873. The molecule has 1 aliphatic rings. The fourth-order valence-electron chi connectivity index (χ4n) is 2.18. The Hall–Kier alpha value is -1.47. The van der Waals surface area contributed by atoms with Crippen molar-refractivity contribution in [1.82, 2.24) is 15.4 Å². The van der Waals surface area contributed by atoms with Gasteiger partial charge < -0.3 is 9.47 Å². The number of benzene rings is 1. The molecule has 0 atom stereocenters. The lowest BCUT2D eigenvalue weighted by molar-refractivity contribution is 0.0105. The molecule has 2 aromatic rings. The molecule has 112 valence electrons. The van der Waals surface area contributed by atoms with Crippen molar-refractivity contribution in [2.75, 3.05) is 33.4 Å². The van der Waals surface area contributed by atoms with E-state index in [1.165, 1.54) is 10.4 Å². The first-order valence-electron chi connectivity index (χ1n) is 7.00. The second-order valence-corrected chi connectivity index (χ2v) is 5.90. The van der Waals surface area contributed by atoms with Gasteiger partial charge in [0.05, 0.1) is 31.7 Å². The van der Waals surface area contributed by atoms with Crippen LogP contribution >= 0.6 is 11.3 Å². The predicted molar refractivity (Wildman–Crippen MR) is 83.3 cm³/mol. The Morgan fingerprint density at radius 1 is 1.29 bits per heavy atom. The summed E-state index contributed by atoms with van der Waals surface area (Å²) in [5.41, 5.74) is 4.57. The maximum Gasteiger partial charge on any atom is 0.118 e. The second kappa shape index (κ2) is 7.00. The molecular formula is C15H19N3O2S. The van der Waals surface area contributed by atoms with Crippen LogP contribution in [0, 0.1) is 0 Å². The van der Waals surface area contributed by atoms with Gasteiger partial charge in [-0.3, -0.25) is 0 Å². The molecule has 1 aromatic carbocycles. The Balaban J connectivity index is 1.59. The molecule has 3 rings (SSSR count). The molecule has 0 radical (unpaired) electrons. The Bertz CT molecular complexity index is 565. The van der Waals surface area contributed by atoms with Crippen molar-refractivity contribution in [3.8, 4) is 16.2 Å². The third kappa shape index (κ3) is 3.79. The number of morpholine rings is 1. The fourth-order valence-corrected chi connectivity index (χ4v) is 3.04. The summed E-state index contributed by atoms with van der Waals surface area (Å²) in [6.45, 7) is 4.21. The van der Waals surface area contributed by atoms with Crippen LogP contribution in [0.5, 0.6) is 5.75 Å². The van der Waals surface area contributed by atoms with Crippen molar-refractivity contribution < 1.29 is 9.47 Å². The van der Waals surface area contributed by atoms with Crippen LogP contribution in [-0.2, 0) is 11.3 Å². The van der Waals surface area contributed by atoms with Gasteiger partial charge >= 0.3 is 0 Å². The van der Waals surface area contributed by atoms with E-state index in [0.717, 1.165) is 43.6 Å². The zero-order valence-corrected chi connectivity index (χ0v) is 12.9. The van der Waals surface area contributed by atoms with Gasteiger partial charge in [0.1, 0.15) is 10.8 Å². The second-order valence-electron chi connectivity index (χ2n) is 4.78. The summed E-state index contributed by atoms with van der Waals surface area (Å²) < 4.78 is 10.5. The highest BCUT2D eigenvalue weighted by molar-refractivity contribution is 7.15. The Morgan fingerprint density at radius 3 is 2.76 bits per heavy atom. The maximum atomic E-state index is 5.33. The van der Waals surface area contributed by atoms with Gasteiger partial charge in [-0.05, 0) is 29.8 Å². The van der Waals surface area contributed by atoms with Crippen LogP contribution in [0.4, 0.5) is 0 Å². The monoisotopic (exact) mass is 305 g/mol. The summed E-state index contributed by atoms with van der Waals surface area (Å²) in [4.78, 5) is 5.66. The van der Waals surface area contributed by atoms with Crippen LogP contribution in [0.1, 0.15) is 5.01 Å². The predicted octanol–water partition coefficient (Wildman–Crippen LogP) is 2.16. The van der Waals surface area contributed by atoms with Gasteiger partial charge in [-0.15, -0.1) is 11.3 Å². The third-order valence-corrected chi connectivity index (χ3v) is 4.44. The molecule has 1 aromatic heterocycles. The Morgan fingerprint density at radius 2 is 2.05 bits per heavy atom. The van der Waals surface area contributed by atoms with Gasteiger partial charge in [-0.1, -0.05) is 0 Å². The molecule has 0 unspecified atom stereocenters. The lowest BCUT2D eigenvalue weighted by atomic mass is 10.2. The first-order chi connectivity index (χ1) is 10.3. The number of methoxy groups -OCH3 is 1. The fraction of sp³-hybridized carbons (Fsp3) is 0.400. The molecule has 0 amide bonds. The number of hydrazine groups is 1. The molecule has 1 aliphatic heterocycles. The number of rotatable bonds is 5. The SMILES string of the molecule is COc1ccc(-c2cnc(CNN3CCOCC3)s2)cc1. The van der Waals surface area contributed by atoms with E-state index in [1.54, 1.807) is 18.4 Å². The van der Waals surface area contributed by atoms with E-state index in [-0.39, 0.29) is 0 Å². The number of nitrogens with one attached hydrogen (secondary N) is 1. The van der Waals surface area contributed by atoms with E-state index in [1.807, 2.05) is 18.3 Å². The number of hydrogen-bond acceptors (Lipinski definition) is 6. The number of ether oxygens (including phenoxy) is 2. The minimum Gasteiger partial charge on any atom is -0.497 e. The normalized spacial score (nSPS) is 16.0. The number of nitrogens with zero attached hydrogens (tertiary/aromatic N) is 2. The molecule has 1 N–H and O–H groups in total. The molecular weight excluding hydrogens is 286 g/mol. The Labute approximate surface area is 128 Å². The van der Waals surface area contributed by atoms with Crippen molar-refractivity contribution in [1.29, 1.82) is 0 Å². The highest BCUT2D eigenvalue weighted by Crippen LogP contribution is 2.27. The summed E-state index contributed by atoms with van der Waals surface area (Å²) in [6, 6.07) is 8.07. The van der Waals surface area contributed by atoms with Crippen molar-refractivity contribution in [3.63, 3.8) is 0 Å². The van der Waals surface area contributed by atoms with Crippen LogP contribution in [0.25, 0.3) is 10.4 Å². The van der Waals surface area contributed by atoms with Gasteiger partial charge in [0.2, 0.25) is 0 Å². The number of aromatic nitrogens is 1. The highest BCUT2D eigenvalue weighted by Gasteiger charge is 2.11. The van der Waals surface area contributed by atoms with Crippen LogP contribution in [-0.4, -0.2) is 43.4 Å². The smallest absolute Gasteiger partial charge is 0.118 e. The van der Waals surface area contributed by atoms with Crippen LogP contribution in [0.2, 0.25) is 0 Å². The van der Waals surface area contributed by atoms with Gasteiger partial charge in [0.25, 0.3) is 0 Å². The molecule has 2 heterocycles. The van der Waals surface area contributed by atoms with E-state index in [2.05, 4.69) is 27.6 Å². The minimum atomic E-state index is 0.765. The standard InChI is InChI=1S/C15H19N3O2S/c1-19-13-4-2-12(3-5-13)14-10-16-15(21-14)11-17-18-6-8-20-9-7-18/h2-5,10,17H,6-9,11H2,1H3. The highest BCUT2D eigenvalue weighted by atomic mass is 32.1.